The zero-order valence-electron chi connectivity index (χ0n) is 13.0. The van der Waals surface area contributed by atoms with Gasteiger partial charge in [-0.1, -0.05) is 13.8 Å². The molecule has 0 aliphatic carbocycles. The number of ether oxygens (including phenoxy) is 2. The molecule has 4 heteroatoms. The molecule has 1 atom stereocenters. The minimum atomic E-state index is 0.560. The Morgan fingerprint density at radius 2 is 2.00 bits per heavy atom. The third-order valence-electron chi connectivity index (χ3n) is 3.83. The summed E-state index contributed by atoms with van der Waals surface area (Å²) in [6.07, 6.45) is 1.24. The SMILES string of the molecule is COc1ccc(N2CCC(CNC(C)C)C2)cc1OC. The molecule has 0 saturated carbocycles. The first-order valence-electron chi connectivity index (χ1n) is 7.34. The average molecular weight is 278 g/mol. The van der Waals surface area contributed by atoms with Gasteiger partial charge >= 0.3 is 0 Å². The Labute approximate surface area is 122 Å². The van der Waals surface area contributed by atoms with Gasteiger partial charge in [0, 0.05) is 30.9 Å². The van der Waals surface area contributed by atoms with E-state index in [0.29, 0.717) is 6.04 Å². The van der Waals surface area contributed by atoms with E-state index >= 15 is 0 Å². The zero-order chi connectivity index (χ0) is 14.5. The second kappa shape index (κ2) is 6.84. The van der Waals surface area contributed by atoms with Crippen LogP contribution in [0.5, 0.6) is 11.5 Å². The van der Waals surface area contributed by atoms with E-state index in [1.54, 1.807) is 14.2 Å². The lowest BCUT2D eigenvalue weighted by Crippen LogP contribution is -2.30. The van der Waals surface area contributed by atoms with Crippen molar-refractivity contribution in [3.05, 3.63) is 18.2 Å². The third-order valence-corrected chi connectivity index (χ3v) is 3.83. The molecule has 1 aliphatic heterocycles. The van der Waals surface area contributed by atoms with Crippen molar-refractivity contribution in [1.29, 1.82) is 0 Å². The van der Waals surface area contributed by atoms with Gasteiger partial charge in [0.1, 0.15) is 0 Å². The van der Waals surface area contributed by atoms with Gasteiger partial charge in [0.05, 0.1) is 14.2 Å². The van der Waals surface area contributed by atoms with Crippen molar-refractivity contribution in [2.75, 3.05) is 38.8 Å². The van der Waals surface area contributed by atoms with E-state index in [-0.39, 0.29) is 0 Å². The molecule has 1 N–H and O–H groups in total. The van der Waals surface area contributed by atoms with Gasteiger partial charge < -0.3 is 19.7 Å². The largest absolute Gasteiger partial charge is 0.493 e. The Kier molecular flexibility index (Phi) is 5.12. The van der Waals surface area contributed by atoms with Crippen LogP contribution in [0.3, 0.4) is 0 Å². The molecule has 112 valence electrons. The summed E-state index contributed by atoms with van der Waals surface area (Å²) in [5.74, 6) is 2.31. The number of benzene rings is 1. The summed E-state index contributed by atoms with van der Waals surface area (Å²) in [5.41, 5.74) is 1.22. The predicted octanol–water partition coefficient (Wildman–Crippen LogP) is 2.53. The molecule has 1 aromatic rings. The van der Waals surface area contributed by atoms with Crippen molar-refractivity contribution in [1.82, 2.24) is 5.32 Å². The average Bonchev–Trinajstić information content (AvgIpc) is 2.93. The lowest BCUT2D eigenvalue weighted by atomic mass is 10.1. The van der Waals surface area contributed by atoms with Gasteiger partial charge in [-0.3, -0.25) is 0 Å². The minimum Gasteiger partial charge on any atom is -0.493 e. The van der Waals surface area contributed by atoms with Crippen LogP contribution in [0, 0.1) is 5.92 Å². The molecule has 1 aliphatic rings. The molecule has 20 heavy (non-hydrogen) atoms. The number of anilines is 1. The maximum absolute atomic E-state index is 5.38. The fourth-order valence-corrected chi connectivity index (χ4v) is 2.66. The molecule has 2 rings (SSSR count). The summed E-state index contributed by atoms with van der Waals surface area (Å²) < 4.78 is 10.7. The van der Waals surface area contributed by atoms with Gasteiger partial charge in [-0.15, -0.1) is 0 Å². The van der Waals surface area contributed by atoms with Crippen LogP contribution in [0.25, 0.3) is 0 Å². The van der Waals surface area contributed by atoms with Crippen molar-refractivity contribution in [3.8, 4) is 11.5 Å². The maximum atomic E-state index is 5.38. The molecule has 4 nitrogen and oxygen atoms in total. The second-order valence-corrected chi connectivity index (χ2v) is 5.70. The number of nitrogens with zero attached hydrogens (tertiary/aromatic N) is 1. The van der Waals surface area contributed by atoms with E-state index in [2.05, 4.69) is 36.2 Å². The number of hydrogen-bond acceptors (Lipinski definition) is 4. The van der Waals surface area contributed by atoms with Crippen LogP contribution in [0.4, 0.5) is 5.69 Å². The lowest BCUT2D eigenvalue weighted by Gasteiger charge is -2.20. The van der Waals surface area contributed by atoms with Crippen molar-refractivity contribution in [3.63, 3.8) is 0 Å². The molecule has 0 bridgehead atoms. The van der Waals surface area contributed by atoms with E-state index in [1.165, 1.54) is 12.1 Å². The third kappa shape index (κ3) is 3.57. The van der Waals surface area contributed by atoms with Gasteiger partial charge in [-0.05, 0) is 31.0 Å². The molecule has 0 aromatic heterocycles. The topological polar surface area (TPSA) is 33.7 Å². The van der Waals surface area contributed by atoms with Crippen LogP contribution in [-0.4, -0.2) is 39.9 Å². The Balaban J connectivity index is 1.99. The fraction of sp³-hybridized carbons (Fsp3) is 0.625. The van der Waals surface area contributed by atoms with E-state index < -0.39 is 0 Å². The van der Waals surface area contributed by atoms with E-state index in [1.807, 2.05) is 6.07 Å². The van der Waals surface area contributed by atoms with Crippen molar-refractivity contribution < 1.29 is 9.47 Å². The first-order chi connectivity index (χ1) is 9.63. The number of methoxy groups -OCH3 is 2. The molecule has 0 spiro atoms. The van der Waals surface area contributed by atoms with Gasteiger partial charge in [0.25, 0.3) is 0 Å². The Hall–Kier alpha value is -1.42. The number of nitrogens with one attached hydrogen (secondary N) is 1. The van der Waals surface area contributed by atoms with E-state index in [0.717, 1.165) is 37.1 Å². The van der Waals surface area contributed by atoms with Gasteiger partial charge in [0.15, 0.2) is 11.5 Å². The lowest BCUT2D eigenvalue weighted by molar-refractivity contribution is 0.355. The highest BCUT2D eigenvalue weighted by Gasteiger charge is 2.23. The van der Waals surface area contributed by atoms with Crippen LogP contribution in [0.1, 0.15) is 20.3 Å². The molecule has 1 saturated heterocycles. The van der Waals surface area contributed by atoms with E-state index in [4.69, 9.17) is 9.47 Å². The summed E-state index contributed by atoms with van der Waals surface area (Å²) in [7, 11) is 3.35. The standard InChI is InChI=1S/C16H26N2O2/c1-12(2)17-10-13-7-8-18(11-13)14-5-6-15(19-3)16(9-14)20-4/h5-6,9,12-13,17H,7-8,10-11H2,1-4H3. The van der Waals surface area contributed by atoms with Gasteiger partial charge in [-0.25, -0.2) is 0 Å². The quantitative estimate of drug-likeness (QED) is 0.867. The van der Waals surface area contributed by atoms with Crippen molar-refractivity contribution in [2.24, 2.45) is 5.92 Å². The highest BCUT2D eigenvalue weighted by atomic mass is 16.5. The van der Waals surface area contributed by atoms with Crippen molar-refractivity contribution >= 4 is 5.69 Å². The molecular weight excluding hydrogens is 252 g/mol. The minimum absolute atomic E-state index is 0.560. The molecule has 1 unspecified atom stereocenters. The highest BCUT2D eigenvalue weighted by molar-refractivity contribution is 5.56. The molecule has 1 fully saturated rings. The van der Waals surface area contributed by atoms with Crippen LogP contribution < -0.4 is 19.7 Å². The molecular formula is C16H26N2O2. The van der Waals surface area contributed by atoms with Crippen LogP contribution in [0.2, 0.25) is 0 Å². The normalized spacial score (nSPS) is 18.6. The van der Waals surface area contributed by atoms with Gasteiger partial charge in [0.2, 0.25) is 0 Å². The molecule has 1 aromatic carbocycles. The number of rotatable bonds is 6. The van der Waals surface area contributed by atoms with Crippen LogP contribution in [0.15, 0.2) is 18.2 Å². The zero-order valence-corrected chi connectivity index (χ0v) is 13.0. The Morgan fingerprint density at radius 1 is 1.25 bits per heavy atom. The van der Waals surface area contributed by atoms with Crippen LogP contribution >= 0.6 is 0 Å². The smallest absolute Gasteiger partial charge is 0.162 e. The van der Waals surface area contributed by atoms with Crippen LogP contribution in [-0.2, 0) is 0 Å². The van der Waals surface area contributed by atoms with Crippen molar-refractivity contribution in [2.45, 2.75) is 26.3 Å². The molecule has 0 amide bonds. The highest BCUT2D eigenvalue weighted by Crippen LogP contribution is 2.33. The predicted molar refractivity (Wildman–Crippen MR) is 83.0 cm³/mol. The first-order valence-corrected chi connectivity index (χ1v) is 7.34. The monoisotopic (exact) mass is 278 g/mol. The van der Waals surface area contributed by atoms with E-state index in [9.17, 15) is 0 Å². The number of hydrogen-bond donors (Lipinski definition) is 1. The Morgan fingerprint density at radius 3 is 2.65 bits per heavy atom. The molecule has 1 heterocycles. The summed E-state index contributed by atoms with van der Waals surface area (Å²) in [6, 6.07) is 6.72. The summed E-state index contributed by atoms with van der Waals surface area (Å²) in [5, 5.41) is 3.53. The summed E-state index contributed by atoms with van der Waals surface area (Å²) >= 11 is 0. The second-order valence-electron chi connectivity index (χ2n) is 5.70. The summed E-state index contributed by atoms with van der Waals surface area (Å²) in [4.78, 5) is 2.43. The maximum Gasteiger partial charge on any atom is 0.162 e. The first kappa shape index (κ1) is 15.0. The fourth-order valence-electron chi connectivity index (χ4n) is 2.66. The molecule has 0 radical (unpaired) electrons. The van der Waals surface area contributed by atoms with Gasteiger partial charge in [-0.2, -0.15) is 0 Å². The summed E-state index contributed by atoms with van der Waals surface area (Å²) in [6.45, 7) is 7.71. The Bertz CT molecular complexity index is 434.